The first-order chi connectivity index (χ1) is 7.95. The first kappa shape index (κ1) is 22.0. The molecule has 0 aromatic heterocycles. The zero-order valence-electron chi connectivity index (χ0n) is 9.38. The lowest BCUT2D eigenvalue weighted by Crippen LogP contribution is -2.28. The molecule has 0 fully saturated rings. The summed E-state index contributed by atoms with van der Waals surface area (Å²) in [4.78, 5) is 0. The Morgan fingerprint density at radius 2 is 0.824 bits per heavy atom. The van der Waals surface area contributed by atoms with E-state index in [9.17, 15) is 0 Å². The van der Waals surface area contributed by atoms with Crippen molar-refractivity contribution in [3.8, 4) is 0 Å². The van der Waals surface area contributed by atoms with E-state index in [1.165, 1.54) is 0 Å². The number of hydrogen-bond acceptors (Lipinski definition) is 9. The Labute approximate surface area is 99.9 Å². The van der Waals surface area contributed by atoms with Crippen molar-refractivity contribution in [1.29, 1.82) is 0 Å². The summed E-state index contributed by atoms with van der Waals surface area (Å²) in [6, 6.07) is 0. The van der Waals surface area contributed by atoms with Gasteiger partial charge in [0.1, 0.15) is 0 Å². The molecule has 9 nitrogen and oxygen atoms in total. The van der Waals surface area contributed by atoms with E-state index < -0.39 is 14.6 Å². The average Bonchev–Trinajstić information content (AvgIpc) is 2.19. The van der Waals surface area contributed by atoms with Crippen molar-refractivity contribution in [3.63, 3.8) is 0 Å². The van der Waals surface area contributed by atoms with Crippen LogP contribution in [0.15, 0.2) is 0 Å². The molecule has 0 bridgehead atoms. The smallest absolute Gasteiger partial charge is 0.402 e. The maximum Gasteiger partial charge on any atom is 0.621 e. The minimum atomic E-state index is -2.13. The maximum atomic E-state index is 7.91. The van der Waals surface area contributed by atoms with Crippen molar-refractivity contribution in [2.45, 2.75) is 12.8 Å². The van der Waals surface area contributed by atoms with Gasteiger partial charge in [-0.3, -0.25) is 0 Å². The number of hydrogen-bond donors (Lipinski definition) is 8. The third kappa shape index (κ3) is 49.5. The van der Waals surface area contributed by atoms with Gasteiger partial charge in [0, 0.05) is 26.4 Å². The highest BCUT2D eigenvalue weighted by Crippen LogP contribution is 1.73. The van der Waals surface area contributed by atoms with Crippen LogP contribution >= 0.6 is 0 Å². The molecule has 0 saturated heterocycles. The first-order valence-corrected chi connectivity index (χ1v) is 4.77. The second kappa shape index (κ2) is 21.1. The Morgan fingerprint density at radius 3 is 0.824 bits per heavy atom. The van der Waals surface area contributed by atoms with E-state index in [1.54, 1.807) is 0 Å². The lowest BCUT2D eigenvalue weighted by molar-refractivity contribution is 0.212. The summed E-state index contributed by atoms with van der Waals surface area (Å²) < 4.78 is 3.47. The molecule has 0 aliphatic rings. The van der Waals surface area contributed by atoms with Crippen LogP contribution in [0, 0.1) is 0 Å². The topological polar surface area (TPSA) is 171 Å². The normalized spacial score (nSPS) is 8.47. The Hall–Kier alpha value is -0.230. The van der Waals surface area contributed by atoms with Gasteiger partial charge in [-0.15, -0.1) is 0 Å². The van der Waals surface area contributed by atoms with Crippen molar-refractivity contribution in [2.75, 3.05) is 26.4 Å². The molecule has 11 heteroatoms. The van der Waals surface area contributed by atoms with Crippen LogP contribution in [0.3, 0.4) is 0 Å². The van der Waals surface area contributed by atoms with Gasteiger partial charge in [-0.2, -0.15) is 0 Å². The SMILES string of the molecule is OB(O)OB(O)O.OCCCO.OCCCO. The summed E-state index contributed by atoms with van der Waals surface area (Å²) in [7, 11) is -4.25. The molecule has 0 aromatic carbocycles. The van der Waals surface area contributed by atoms with E-state index in [0.717, 1.165) is 0 Å². The first-order valence-electron chi connectivity index (χ1n) is 4.77. The molecule has 0 radical (unpaired) electrons. The number of rotatable bonds is 6. The second-order valence-electron chi connectivity index (χ2n) is 2.39. The summed E-state index contributed by atoms with van der Waals surface area (Å²) in [6.07, 6.45) is 1.00. The van der Waals surface area contributed by atoms with Gasteiger partial charge in [0.2, 0.25) is 0 Å². The third-order valence-electron chi connectivity index (χ3n) is 0.876. The standard InChI is InChI=1S/2C3H8O2.B2H4O5/c2*4-2-1-3-5;3-1(4)7-2(5)6/h2*4-5H,1-3H2;3-6H. The molecule has 8 N–H and O–H groups in total. The van der Waals surface area contributed by atoms with Crippen molar-refractivity contribution in [3.05, 3.63) is 0 Å². The monoisotopic (exact) mass is 258 g/mol. The van der Waals surface area contributed by atoms with Gasteiger partial charge >= 0.3 is 14.6 Å². The molecule has 0 aromatic rings. The van der Waals surface area contributed by atoms with E-state index in [1.807, 2.05) is 0 Å². The van der Waals surface area contributed by atoms with Gasteiger partial charge < -0.3 is 45.1 Å². The largest absolute Gasteiger partial charge is 0.621 e. The zero-order valence-corrected chi connectivity index (χ0v) is 9.38. The summed E-state index contributed by atoms with van der Waals surface area (Å²) in [5.41, 5.74) is 0. The Kier molecular flexibility index (Phi) is 27.3. The minimum absolute atomic E-state index is 0.0938. The van der Waals surface area contributed by atoms with Crippen molar-refractivity contribution in [1.82, 2.24) is 0 Å². The fourth-order valence-corrected chi connectivity index (χ4v) is 0.250. The summed E-state index contributed by atoms with van der Waals surface area (Å²) in [6.45, 7) is 0.375. The van der Waals surface area contributed by atoms with Crippen LogP contribution in [0.5, 0.6) is 0 Å². The van der Waals surface area contributed by atoms with Gasteiger partial charge in [0.05, 0.1) is 0 Å². The number of aliphatic hydroxyl groups is 4. The van der Waals surface area contributed by atoms with Crippen LogP contribution in [-0.4, -0.2) is 81.6 Å². The van der Waals surface area contributed by atoms with Crippen LogP contribution < -0.4 is 0 Å². The highest BCUT2D eigenvalue weighted by atomic mass is 16.7. The Morgan fingerprint density at radius 1 is 0.588 bits per heavy atom. The van der Waals surface area contributed by atoms with Crippen molar-refractivity contribution >= 4 is 14.6 Å². The predicted octanol–water partition coefficient (Wildman–Crippen LogP) is -4.34. The van der Waals surface area contributed by atoms with Gasteiger partial charge in [-0.25, -0.2) is 0 Å². The molecule has 0 rings (SSSR count). The molecule has 0 saturated carbocycles. The Balaban J connectivity index is -0.000000177. The van der Waals surface area contributed by atoms with Crippen LogP contribution in [0.1, 0.15) is 12.8 Å². The molecular weight excluding hydrogens is 238 g/mol. The highest BCUT2D eigenvalue weighted by molar-refractivity contribution is 6.48. The van der Waals surface area contributed by atoms with E-state index >= 15 is 0 Å². The van der Waals surface area contributed by atoms with E-state index in [2.05, 4.69) is 4.57 Å². The van der Waals surface area contributed by atoms with Gasteiger partial charge in [0.15, 0.2) is 0 Å². The fourth-order valence-electron chi connectivity index (χ4n) is 0.250. The van der Waals surface area contributed by atoms with E-state index in [4.69, 9.17) is 40.5 Å². The van der Waals surface area contributed by atoms with Crippen molar-refractivity contribution in [2.24, 2.45) is 0 Å². The minimum Gasteiger partial charge on any atom is -0.402 e. The summed E-state index contributed by atoms with van der Waals surface area (Å²) >= 11 is 0. The van der Waals surface area contributed by atoms with Crippen LogP contribution in [0.4, 0.5) is 0 Å². The van der Waals surface area contributed by atoms with Crippen LogP contribution in [0.2, 0.25) is 0 Å². The summed E-state index contributed by atoms with van der Waals surface area (Å²) in [5.74, 6) is 0. The predicted molar refractivity (Wildman–Crippen MR) is 59.0 cm³/mol. The average molecular weight is 258 g/mol. The molecule has 0 unspecified atom stereocenters. The van der Waals surface area contributed by atoms with Gasteiger partial charge in [0.25, 0.3) is 0 Å². The lowest BCUT2D eigenvalue weighted by Gasteiger charge is -1.95. The molecule has 0 spiro atoms. The lowest BCUT2D eigenvalue weighted by atomic mass is 10.1. The Bertz CT molecular complexity index is 99.7. The van der Waals surface area contributed by atoms with Gasteiger partial charge in [-0.05, 0) is 12.8 Å². The van der Waals surface area contributed by atoms with Crippen molar-refractivity contribution < 1.29 is 45.1 Å². The molecule has 0 aliphatic heterocycles. The fraction of sp³-hybridized carbons (Fsp3) is 1.00. The maximum absolute atomic E-state index is 7.91. The molecule has 17 heavy (non-hydrogen) atoms. The molecule has 0 atom stereocenters. The molecule has 104 valence electrons. The highest BCUT2D eigenvalue weighted by Gasteiger charge is 2.18. The molecule has 0 amide bonds. The quantitative estimate of drug-likeness (QED) is 0.219. The molecular formula is C6H20B2O9. The van der Waals surface area contributed by atoms with Crippen LogP contribution in [0.25, 0.3) is 0 Å². The molecule has 0 heterocycles. The van der Waals surface area contributed by atoms with Gasteiger partial charge in [-0.1, -0.05) is 0 Å². The van der Waals surface area contributed by atoms with Crippen LogP contribution in [-0.2, 0) is 4.57 Å². The second-order valence-corrected chi connectivity index (χ2v) is 2.39. The third-order valence-corrected chi connectivity index (χ3v) is 0.876. The summed E-state index contributed by atoms with van der Waals surface area (Å²) in [5, 5.41) is 62.6. The number of aliphatic hydroxyl groups excluding tert-OH is 4. The van der Waals surface area contributed by atoms with E-state index in [-0.39, 0.29) is 26.4 Å². The van der Waals surface area contributed by atoms with E-state index in [0.29, 0.717) is 12.8 Å². The molecule has 0 aliphatic carbocycles. The zero-order chi connectivity index (χ0) is 14.1.